The molecule has 0 saturated carbocycles. The Balaban J connectivity index is 1.06. The lowest BCUT2D eigenvalue weighted by atomic mass is 9.93. The molecule has 8 aliphatic rings. The van der Waals surface area contributed by atoms with Gasteiger partial charge in [0.15, 0.2) is 50.3 Å². The van der Waals surface area contributed by atoms with Crippen LogP contribution in [0.3, 0.4) is 0 Å². The highest BCUT2D eigenvalue weighted by atomic mass is 16.8. The second-order valence-electron chi connectivity index (χ2n) is 25.4. The Kier molecular flexibility index (Phi) is 29.3. The Morgan fingerprint density at radius 3 is 1.11 bits per heavy atom. The Morgan fingerprint density at radius 2 is 0.600 bits per heavy atom. The fourth-order valence-corrected chi connectivity index (χ4v) is 12.7. The second kappa shape index (κ2) is 35.7. The number of carbonyl (C=O) groups excluding carboxylic acids is 4. The van der Waals surface area contributed by atoms with Crippen molar-refractivity contribution in [2.24, 2.45) is 0 Å². The van der Waals surface area contributed by atoms with E-state index < -0.39 is 315 Å². The molecule has 0 bridgehead atoms. The standard InChI is InChI=1S/C56H94N4O40/c1-13-29(69)38(78)41(81)53(89-13)88-12-24-47(36(76)25(49(85)90-24)57-14(2)65)98-52-28(60-17(5)68)37(77)45(20(8-63)93-52)99-56-44(84)48(100-55-43(83)40(80)46(21(9-64)94-55)97-51-27(59-16(4)67)35(75)31(71)19(7-62)92-51)33(73)23(96-56)11-87-54-42(82)39(79)32(72)22(95-54)10-86-50-26(58-15(3)66)34(74)30(70)18(6-61)91-50/h13,18-56,61-64,69-85H,6-12H2,1-5H3,(H,57,65)(H,58,66)(H,59,67)(H,60,68)/t13-,18+,19+,20+,21+,22+,23+,24+,25+,26+,27+,28+,29+,30+,31+,32+,33+,34+,35+,36+,37+,38+,39-,40+,41-,42-,43-,44-,45+,46+,47+,48-,49+,50+,51-,52-,53+,54-,55+,56-/m0/s1. The molecule has 0 aliphatic carbocycles. The highest BCUT2D eigenvalue weighted by Crippen LogP contribution is 2.38. The Bertz CT molecular complexity index is 2620. The maximum Gasteiger partial charge on any atom is 0.217 e. The number of rotatable bonds is 25. The predicted molar refractivity (Wildman–Crippen MR) is 309 cm³/mol. The zero-order valence-corrected chi connectivity index (χ0v) is 54.2. The summed E-state index contributed by atoms with van der Waals surface area (Å²) in [5.74, 6) is -3.24. The Morgan fingerprint density at radius 1 is 0.280 bits per heavy atom. The lowest BCUT2D eigenvalue weighted by Gasteiger charge is -2.50. The van der Waals surface area contributed by atoms with E-state index in [1.807, 2.05) is 0 Å². The number of aliphatic hydroxyl groups excluding tert-OH is 21. The third-order valence-corrected chi connectivity index (χ3v) is 18.2. The van der Waals surface area contributed by atoms with Gasteiger partial charge in [-0.15, -0.1) is 0 Å². The van der Waals surface area contributed by atoms with Gasteiger partial charge in [-0.3, -0.25) is 19.2 Å². The highest BCUT2D eigenvalue weighted by Gasteiger charge is 2.59. The molecule has 0 aromatic heterocycles. The Labute approximate surface area is 567 Å². The van der Waals surface area contributed by atoms with E-state index in [9.17, 15) is 126 Å². The minimum atomic E-state index is -2.44. The van der Waals surface area contributed by atoms with Crippen LogP contribution in [0.25, 0.3) is 0 Å². The molecule has 44 heteroatoms. The zero-order valence-electron chi connectivity index (χ0n) is 54.2. The third kappa shape index (κ3) is 18.4. The predicted octanol–water partition coefficient (Wildman–Crippen LogP) is -16.8. The topological polar surface area (TPSA) is 680 Å². The van der Waals surface area contributed by atoms with Gasteiger partial charge < -0.3 is 200 Å². The van der Waals surface area contributed by atoms with Crippen LogP contribution in [0.1, 0.15) is 34.6 Å². The van der Waals surface area contributed by atoms with E-state index in [2.05, 4.69) is 21.3 Å². The summed E-state index contributed by atoms with van der Waals surface area (Å²) in [7, 11) is 0. The molecular formula is C56H94N4O40. The molecule has 40 atom stereocenters. The summed E-state index contributed by atoms with van der Waals surface area (Å²) >= 11 is 0. The van der Waals surface area contributed by atoms with Crippen molar-refractivity contribution in [3.8, 4) is 0 Å². The molecule has 0 unspecified atom stereocenters. The summed E-state index contributed by atoms with van der Waals surface area (Å²) < 4.78 is 87.5. The molecule has 8 rings (SSSR count). The van der Waals surface area contributed by atoms with E-state index in [4.69, 9.17) is 71.1 Å². The van der Waals surface area contributed by atoms with Gasteiger partial charge in [-0.1, -0.05) is 0 Å². The molecule has 25 N–H and O–H groups in total. The van der Waals surface area contributed by atoms with Crippen LogP contribution in [0.5, 0.6) is 0 Å². The largest absolute Gasteiger partial charge is 0.394 e. The highest BCUT2D eigenvalue weighted by molar-refractivity contribution is 5.74. The molecule has 0 aromatic carbocycles. The third-order valence-electron chi connectivity index (χ3n) is 18.2. The Hall–Kier alpha value is -3.56. The van der Waals surface area contributed by atoms with Crippen LogP contribution in [-0.2, 0) is 90.2 Å². The monoisotopic (exact) mass is 1460 g/mol. The fourth-order valence-electron chi connectivity index (χ4n) is 12.7. The van der Waals surface area contributed by atoms with E-state index in [0.29, 0.717) is 0 Å². The van der Waals surface area contributed by atoms with Crippen molar-refractivity contribution >= 4 is 23.6 Å². The molecule has 4 amide bonds. The first-order valence-corrected chi connectivity index (χ1v) is 32.0. The van der Waals surface area contributed by atoms with Gasteiger partial charge in [0.25, 0.3) is 0 Å². The lowest BCUT2D eigenvalue weighted by Crippen LogP contribution is -2.70. The number of nitrogens with one attached hydrogen (secondary N) is 4. The number of amides is 4. The van der Waals surface area contributed by atoms with Crippen LogP contribution in [0.15, 0.2) is 0 Å². The summed E-state index contributed by atoms with van der Waals surface area (Å²) in [6.45, 7) is -1.35. The van der Waals surface area contributed by atoms with Crippen LogP contribution in [0, 0.1) is 0 Å². The van der Waals surface area contributed by atoms with Gasteiger partial charge in [0.1, 0.15) is 189 Å². The van der Waals surface area contributed by atoms with Gasteiger partial charge in [-0.25, -0.2) is 0 Å². The summed E-state index contributed by atoms with van der Waals surface area (Å²) in [6, 6.07) is -6.74. The molecule has 44 nitrogen and oxygen atoms in total. The minimum Gasteiger partial charge on any atom is -0.394 e. The van der Waals surface area contributed by atoms with Crippen molar-refractivity contribution in [3.05, 3.63) is 0 Å². The minimum absolute atomic E-state index is 0.732. The van der Waals surface area contributed by atoms with Crippen molar-refractivity contribution in [2.75, 3.05) is 46.2 Å². The van der Waals surface area contributed by atoms with E-state index in [1.54, 1.807) is 0 Å². The van der Waals surface area contributed by atoms with Crippen LogP contribution in [0.2, 0.25) is 0 Å². The summed E-state index contributed by atoms with van der Waals surface area (Å²) in [6.07, 6.45) is -69.8. The van der Waals surface area contributed by atoms with E-state index >= 15 is 0 Å². The number of carbonyl (C=O) groups is 4. The van der Waals surface area contributed by atoms with E-state index in [1.165, 1.54) is 6.92 Å². The van der Waals surface area contributed by atoms with Gasteiger partial charge in [0, 0.05) is 27.7 Å². The molecule has 100 heavy (non-hydrogen) atoms. The summed E-state index contributed by atoms with van der Waals surface area (Å²) in [4.78, 5) is 49.6. The first-order chi connectivity index (χ1) is 47.2. The molecule has 0 radical (unpaired) electrons. The lowest BCUT2D eigenvalue weighted by molar-refractivity contribution is -0.390. The molecule has 8 saturated heterocycles. The van der Waals surface area contributed by atoms with Gasteiger partial charge in [0.2, 0.25) is 23.6 Å². The van der Waals surface area contributed by atoms with E-state index in [-0.39, 0.29) is 0 Å². The fraction of sp³-hybridized carbons (Fsp3) is 0.929. The summed E-state index contributed by atoms with van der Waals surface area (Å²) in [5, 5.41) is 241. The number of hydrogen-bond donors (Lipinski definition) is 25. The van der Waals surface area contributed by atoms with Crippen LogP contribution in [0.4, 0.5) is 0 Å². The van der Waals surface area contributed by atoms with E-state index in [0.717, 1.165) is 27.7 Å². The van der Waals surface area contributed by atoms with Gasteiger partial charge >= 0.3 is 0 Å². The first kappa shape index (κ1) is 82.1. The molecule has 578 valence electrons. The van der Waals surface area contributed by atoms with Crippen LogP contribution in [-0.4, -0.2) is 423 Å². The smallest absolute Gasteiger partial charge is 0.217 e. The maximum atomic E-state index is 13.0. The van der Waals surface area contributed by atoms with Gasteiger partial charge in [0.05, 0.1) is 52.4 Å². The number of hydrogen-bond acceptors (Lipinski definition) is 40. The van der Waals surface area contributed by atoms with Crippen molar-refractivity contribution < 1.29 is 197 Å². The van der Waals surface area contributed by atoms with Crippen molar-refractivity contribution in [2.45, 2.75) is 280 Å². The first-order valence-electron chi connectivity index (χ1n) is 32.0. The average Bonchev–Trinajstić information content (AvgIpc) is 0.771. The molecule has 0 spiro atoms. The van der Waals surface area contributed by atoms with Crippen molar-refractivity contribution in [3.63, 3.8) is 0 Å². The molecule has 8 aliphatic heterocycles. The normalized spacial score (nSPS) is 48.7. The maximum absolute atomic E-state index is 13.0. The molecule has 8 heterocycles. The van der Waals surface area contributed by atoms with Gasteiger partial charge in [-0.05, 0) is 6.92 Å². The quantitative estimate of drug-likeness (QED) is 0.0404. The van der Waals surface area contributed by atoms with Crippen molar-refractivity contribution in [1.29, 1.82) is 0 Å². The molecule has 8 fully saturated rings. The van der Waals surface area contributed by atoms with Gasteiger partial charge in [-0.2, -0.15) is 0 Å². The van der Waals surface area contributed by atoms with Crippen molar-refractivity contribution in [1.82, 2.24) is 21.3 Å². The summed E-state index contributed by atoms with van der Waals surface area (Å²) in [5.41, 5.74) is 0. The molecule has 0 aromatic rings. The second-order valence-corrected chi connectivity index (χ2v) is 25.4. The van der Waals surface area contributed by atoms with Crippen LogP contribution >= 0.6 is 0 Å². The average molecular weight is 1460 g/mol. The zero-order chi connectivity index (χ0) is 73.8. The molecular weight excluding hydrogens is 1370 g/mol. The SMILES string of the molecule is CC(=O)N[C@@H]1[C@@H](O)[C@H](O[C@@H]2O[C@H](CO)[C@@H](O[C@@H]3O[C@H](CO[C@H]4O[C@H](CO[C@@H]5O[C@H](CO)[C@@H](O)[C@H](O)[C@H]5NC(C)=O)[C@@H](O)[C@H](O)[C@@H]4O)[C@@H](O)[C@H](O[C@H]4O[C@H](CO)[C@@H](O[C@@H]5O[C@H](CO)[C@@H](O)[C@H](O)[C@H]5NC(C)=O)[C@H](O)[C@@H]4O)[C@@H]3O)[C@H](O)[C@H]2NC(C)=O)[C@@H](CO[C@@H]2O[C@@H](C)[C@@H](O)[C@@H](O)[C@@H]2O)O[C@H]1O. The number of aliphatic hydroxyl groups is 21. The number of ether oxygens (including phenoxy) is 15. The van der Waals surface area contributed by atoms with Crippen LogP contribution < -0.4 is 21.3 Å².